The smallest absolute Gasteiger partial charge is 0.431 e. The lowest BCUT2D eigenvalue weighted by atomic mass is 9.49. The monoisotopic (exact) mass is 603 g/mol. The average molecular weight is 604 g/mol. The van der Waals surface area contributed by atoms with E-state index in [1.165, 1.54) is 64.6 Å². The highest BCUT2D eigenvalue weighted by Gasteiger charge is 2.44. The highest BCUT2D eigenvalue weighted by molar-refractivity contribution is 7.26. The highest BCUT2D eigenvalue weighted by atomic mass is 32.1. The highest BCUT2D eigenvalue weighted by Crippen LogP contribution is 2.50. The molecule has 46 heavy (non-hydrogen) atoms. The number of para-hydroxylation sites is 1. The molecule has 0 spiro atoms. The van der Waals surface area contributed by atoms with Crippen molar-refractivity contribution in [3.8, 4) is 39.1 Å². The molecule has 8 aromatic rings. The summed E-state index contributed by atoms with van der Waals surface area (Å²) in [4.78, 5) is 2.49. The van der Waals surface area contributed by atoms with E-state index in [2.05, 4.69) is 163 Å². The molecule has 0 N–H and O–H groups in total. The maximum absolute atomic E-state index is 7.03. The third-order valence-corrected chi connectivity index (χ3v) is 10.6. The predicted octanol–water partition coefficient (Wildman–Crippen LogP) is 10.3. The summed E-state index contributed by atoms with van der Waals surface area (Å²) >= 11 is 1.87. The molecule has 0 atom stereocenters. The standard InChI is InChI=1S/C42H26BNOS/c1-3-11-27(12-4-1)29-19-22-31(23-20-29)44-36-24-21-30(28-13-5-2-6-14-28)25-35(36)43-41-34(32-15-7-9-17-37(32)45-43)26-39-40(42(41)44)33-16-8-10-18-38(33)46-39/h1-26H. The molecule has 4 heteroatoms. The molecule has 10 rings (SSSR count). The molecule has 7 aromatic carbocycles. The van der Waals surface area contributed by atoms with Crippen LogP contribution in [0.4, 0.5) is 17.1 Å². The van der Waals surface area contributed by atoms with E-state index in [9.17, 15) is 0 Å². The Bertz CT molecular complexity index is 2450. The van der Waals surface area contributed by atoms with Crippen LogP contribution in [0.25, 0.3) is 53.6 Å². The maximum Gasteiger partial charge on any atom is 0.431 e. The Morgan fingerprint density at radius 2 is 1.17 bits per heavy atom. The first kappa shape index (κ1) is 25.7. The zero-order valence-corrected chi connectivity index (χ0v) is 25.7. The summed E-state index contributed by atoms with van der Waals surface area (Å²) in [5.74, 6) is 0.933. The zero-order valence-electron chi connectivity index (χ0n) is 24.9. The van der Waals surface area contributed by atoms with Crippen LogP contribution in [0.5, 0.6) is 5.75 Å². The largest absolute Gasteiger partial charge is 0.551 e. The fraction of sp³-hybridized carbons (Fsp3) is 0. The summed E-state index contributed by atoms with van der Waals surface area (Å²) in [6.45, 7) is -0.235. The molecule has 214 valence electrons. The van der Waals surface area contributed by atoms with Crippen LogP contribution in [0.2, 0.25) is 0 Å². The quantitative estimate of drug-likeness (QED) is 0.186. The number of hydrogen-bond acceptors (Lipinski definition) is 3. The second-order valence-corrected chi connectivity index (χ2v) is 13.1. The van der Waals surface area contributed by atoms with Gasteiger partial charge in [-0.1, -0.05) is 121 Å². The second kappa shape index (κ2) is 9.97. The van der Waals surface area contributed by atoms with Gasteiger partial charge in [-0.25, -0.2) is 0 Å². The van der Waals surface area contributed by atoms with E-state index in [0.29, 0.717) is 0 Å². The lowest BCUT2D eigenvalue weighted by Crippen LogP contribution is -2.56. The Kier molecular flexibility index (Phi) is 5.57. The first-order valence-corrected chi connectivity index (χ1v) is 16.5. The Balaban J connectivity index is 1.30. The molecule has 0 radical (unpaired) electrons. The second-order valence-electron chi connectivity index (χ2n) is 12.0. The minimum absolute atomic E-state index is 0.235. The van der Waals surface area contributed by atoms with Gasteiger partial charge in [-0.2, -0.15) is 0 Å². The van der Waals surface area contributed by atoms with E-state index < -0.39 is 0 Å². The lowest BCUT2D eigenvalue weighted by molar-refractivity contribution is 0.590. The van der Waals surface area contributed by atoms with Crippen LogP contribution >= 0.6 is 11.3 Å². The van der Waals surface area contributed by atoms with Gasteiger partial charge in [0.05, 0.1) is 5.69 Å². The number of anilines is 3. The van der Waals surface area contributed by atoms with E-state index in [-0.39, 0.29) is 6.92 Å². The van der Waals surface area contributed by atoms with Crippen molar-refractivity contribution >= 4 is 66.4 Å². The molecule has 0 bridgehead atoms. The third kappa shape index (κ3) is 3.77. The number of benzene rings is 7. The van der Waals surface area contributed by atoms with Gasteiger partial charge in [0.25, 0.3) is 0 Å². The normalized spacial score (nSPS) is 12.9. The Labute approximate surface area is 271 Å². The summed E-state index contributed by atoms with van der Waals surface area (Å²) in [5, 5.41) is 2.57. The number of hydrogen-bond donors (Lipinski definition) is 0. The lowest BCUT2D eigenvalue weighted by Gasteiger charge is -2.40. The summed E-state index contributed by atoms with van der Waals surface area (Å²) in [5.41, 5.74) is 13.1. The molecule has 0 saturated carbocycles. The van der Waals surface area contributed by atoms with Crippen LogP contribution in [0.1, 0.15) is 0 Å². The summed E-state index contributed by atoms with van der Waals surface area (Å²) < 4.78 is 9.62. The Morgan fingerprint density at radius 3 is 1.98 bits per heavy atom. The van der Waals surface area contributed by atoms with Gasteiger partial charge in [0, 0.05) is 42.6 Å². The molecule has 3 heterocycles. The van der Waals surface area contributed by atoms with Crippen LogP contribution in [0, 0.1) is 0 Å². The van der Waals surface area contributed by atoms with E-state index >= 15 is 0 Å². The van der Waals surface area contributed by atoms with Crippen LogP contribution < -0.4 is 20.5 Å². The van der Waals surface area contributed by atoms with Crippen molar-refractivity contribution < 1.29 is 4.65 Å². The first-order valence-electron chi connectivity index (χ1n) is 15.7. The van der Waals surface area contributed by atoms with Crippen molar-refractivity contribution in [3.63, 3.8) is 0 Å². The first-order chi connectivity index (χ1) is 22.8. The van der Waals surface area contributed by atoms with Gasteiger partial charge in [-0.3, -0.25) is 0 Å². The van der Waals surface area contributed by atoms with Crippen molar-refractivity contribution in [3.05, 3.63) is 158 Å². The van der Waals surface area contributed by atoms with E-state index in [1.807, 2.05) is 11.3 Å². The van der Waals surface area contributed by atoms with Crippen molar-refractivity contribution in [1.29, 1.82) is 0 Å². The van der Waals surface area contributed by atoms with Gasteiger partial charge in [0.2, 0.25) is 0 Å². The molecule has 1 aromatic heterocycles. The molecular weight excluding hydrogens is 577 g/mol. The summed E-state index contributed by atoms with van der Waals surface area (Å²) in [6.07, 6.45) is 0. The zero-order chi connectivity index (χ0) is 30.2. The number of nitrogens with zero attached hydrogens (tertiary/aromatic N) is 1. The Morgan fingerprint density at radius 1 is 0.522 bits per heavy atom. The molecular formula is C42H26BNOS. The summed E-state index contributed by atoms with van der Waals surface area (Å²) in [6, 6.07) is 56.9. The van der Waals surface area contributed by atoms with Crippen LogP contribution in [0.15, 0.2) is 158 Å². The van der Waals surface area contributed by atoms with Crippen LogP contribution in [0.3, 0.4) is 0 Å². The molecule has 2 aliphatic heterocycles. The van der Waals surface area contributed by atoms with Gasteiger partial charge >= 0.3 is 6.92 Å². The number of thiophene rings is 1. The predicted molar refractivity (Wildman–Crippen MR) is 196 cm³/mol. The van der Waals surface area contributed by atoms with Crippen molar-refractivity contribution in [2.75, 3.05) is 4.90 Å². The molecule has 0 saturated heterocycles. The average Bonchev–Trinajstić information content (AvgIpc) is 3.51. The number of rotatable bonds is 3. The van der Waals surface area contributed by atoms with E-state index in [1.54, 1.807) is 0 Å². The summed E-state index contributed by atoms with van der Waals surface area (Å²) in [7, 11) is 0. The molecule has 0 aliphatic carbocycles. The van der Waals surface area contributed by atoms with Crippen LogP contribution in [-0.2, 0) is 0 Å². The molecule has 0 fully saturated rings. The van der Waals surface area contributed by atoms with E-state index in [0.717, 1.165) is 22.7 Å². The minimum atomic E-state index is -0.235. The molecule has 2 nitrogen and oxygen atoms in total. The fourth-order valence-corrected chi connectivity index (χ4v) is 8.55. The van der Waals surface area contributed by atoms with Crippen LogP contribution in [-0.4, -0.2) is 6.92 Å². The SMILES string of the molecule is c1ccc(-c2ccc(N3c4ccc(-c5ccccc5)cc4B4Oc5ccccc5-c5cc6sc7ccccc7c6c3c54)cc2)cc1. The van der Waals surface area contributed by atoms with Gasteiger partial charge in [0.1, 0.15) is 5.75 Å². The third-order valence-electron chi connectivity index (χ3n) is 9.48. The minimum Gasteiger partial charge on any atom is -0.551 e. The van der Waals surface area contributed by atoms with Crippen molar-refractivity contribution in [1.82, 2.24) is 0 Å². The van der Waals surface area contributed by atoms with Crippen molar-refractivity contribution in [2.24, 2.45) is 0 Å². The van der Waals surface area contributed by atoms with Gasteiger partial charge in [-0.05, 0) is 69.7 Å². The maximum atomic E-state index is 7.03. The Hall–Kier alpha value is -5.58. The fourth-order valence-electron chi connectivity index (χ4n) is 7.40. The van der Waals surface area contributed by atoms with Crippen molar-refractivity contribution in [2.45, 2.75) is 0 Å². The molecule has 2 aliphatic rings. The topological polar surface area (TPSA) is 12.5 Å². The van der Waals surface area contributed by atoms with Gasteiger partial charge < -0.3 is 9.55 Å². The number of fused-ring (bicyclic) bond motifs is 8. The molecule has 0 amide bonds. The van der Waals surface area contributed by atoms with Gasteiger partial charge in [-0.15, -0.1) is 11.3 Å². The van der Waals surface area contributed by atoms with E-state index in [4.69, 9.17) is 4.65 Å². The molecule has 0 unspecified atom stereocenters. The van der Waals surface area contributed by atoms with Gasteiger partial charge in [0.15, 0.2) is 0 Å².